The van der Waals surface area contributed by atoms with Gasteiger partial charge in [-0.2, -0.15) is 8.42 Å². The van der Waals surface area contributed by atoms with Crippen LogP contribution in [-0.4, -0.2) is 18.9 Å². The molecule has 0 saturated heterocycles. The number of hydrogen-bond acceptors (Lipinski definition) is 3. The summed E-state index contributed by atoms with van der Waals surface area (Å²) in [5.41, 5.74) is 0.865. The van der Waals surface area contributed by atoms with Gasteiger partial charge in [0, 0.05) is 12.1 Å². The number of nitrogens with one attached hydrogen (secondary N) is 1. The van der Waals surface area contributed by atoms with Gasteiger partial charge in [0.1, 0.15) is 0 Å². The second-order valence-corrected chi connectivity index (χ2v) is 6.67. The van der Waals surface area contributed by atoms with E-state index in [4.69, 9.17) is 27.8 Å². The molecule has 2 aromatic rings. The molecule has 8 heteroatoms. The third-order valence-corrected chi connectivity index (χ3v) is 4.42. The molecule has 2 rings (SSSR count). The van der Waals surface area contributed by atoms with Crippen molar-refractivity contribution in [2.45, 2.75) is 11.4 Å². The van der Waals surface area contributed by atoms with Gasteiger partial charge in [-0.05, 0) is 35.9 Å². The van der Waals surface area contributed by atoms with Gasteiger partial charge in [-0.1, -0.05) is 35.3 Å². The molecule has 1 amide bonds. The number of hydrogen-bond donors (Lipinski definition) is 2. The summed E-state index contributed by atoms with van der Waals surface area (Å²) < 4.78 is 31.1. The van der Waals surface area contributed by atoms with Crippen molar-refractivity contribution in [1.29, 1.82) is 0 Å². The van der Waals surface area contributed by atoms with Crippen LogP contribution in [-0.2, 0) is 16.7 Å². The van der Waals surface area contributed by atoms with Gasteiger partial charge in [0.2, 0.25) is 0 Å². The lowest BCUT2D eigenvalue weighted by molar-refractivity contribution is 0.0950. The Kier molecular flexibility index (Phi) is 5.08. The Morgan fingerprint density at radius 3 is 2.45 bits per heavy atom. The summed E-state index contributed by atoms with van der Waals surface area (Å²) in [5, 5.41) is 3.41. The molecule has 0 heterocycles. The van der Waals surface area contributed by atoms with Crippen molar-refractivity contribution < 1.29 is 17.8 Å². The maximum Gasteiger partial charge on any atom is 0.294 e. The van der Waals surface area contributed by atoms with Crippen LogP contribution in [0.25, 0.3) is 0 Å². The lowest BCUT2D eigenvalue weighted by Crippen LogP contribution is -2.23. The third-order valence-electron chi connectivity index (χ3n) is 2.83. The summed E-state index contributed by atoms with van der Waals surface area (Å²) in [5.74, 6) is -0.475. The number of carbonyl (C=O) groups is 1. The molecule has 0 aliphatic carbocycles. The van der Waals surface area contributed by atoms with Gasteiger partial charge < -0.3 is 5.32 Å². The lowest BCUT2D eigenvalue weighted by atomic mass is 10.2. The van der Waals surface area contributed by atoms with Gasteiger partial charge in [0.25, 0.3) is 16.0 Å². The minimum atomic E-state index is -4.35. The molecule has 0 bridgehead atoms. The minimum absolute atomic E-state index is 0.121. The molecule has 0 fully saturated rings. The van der Waals surface area contributed by atoms with Gasteiger partial charge in [0.05, 0.1) is 14.9 Å². The van der Waals surface area contributed by atoms with Crippen LogP contribution < -0.4 is 5.32 Å². The van der Waals surface area contributed by atoms with Crippen molar-refractivity contribution in [3.05, 3.63) is 63.6 Å². The molecule has 2 N–H and O–H groups in total. The fourth-order valence-electron chi connectivity index (χ4n) is 1.73. The molecule has 22 heavy (non-hydrogen) atoms. The van der Waals surface area contributed by atoms with Crippen molar-refractivity contribution in [3.63, 3.8) is 0 Å². The first-order chi connectivity index (χ1) is 10.3. The summed E-state index contributed by atoms with van der Waals surface area (Å²) in [6.45, 7) is 0.200. The van der Waals surface area contributed by atoms with E-state index in [1.165, 1.54) is 18.2 Å². The Morgan fingerprint density at radius 2 is 1.82 bits per heavy atom. The van der Waals surface area contributed by atoms with E-state index in [0.717, 1.165) is 11.6 Å². The molecule has 0 aromatic heterocycles. The highest BCUT2D eigenvalue weighted by Gasteiger charge is 2.13. The highest BCUT2D eigenvalue weighted by Crippen LogP contribution is 2.22. The van der Waals surface area contributed by atoms with Gasteiger partial charge in [-0.3, -0.25) is 9.35 Å². The van der Waals surface area contributed by atoms with E-state index in [1.54, 1.807) is 18.2 Å². The molecule has 0 atom stereocenters. The minimum Gasteiger partial charge on any atom is -0.348 e. The second-order valence-electron chi connectivity index (χ2n) is 4.43. The zero-order chi connectivity index (χ0) is 16.3. The average molecular weight is 360 g/mol. The fraction of sp³-hybridized carbons (Fsp3) is 0.0714. The van der Waals surface area contributed by atoms with Crippen molar-refractivity contribution in [2.24, 2.45) is 0 Å². The SMILES string of the molecule is O=C(NCc1ccc(Cl)c(Cl)c1)c1cccc(S(=O)(=O)O)c1. The van der Waals surface area contributed by atoms with Gasteiger partial charge in [-0.15, -0.1) is 0 Å². The normalized spacial score (nSPS) is 11.2. The zero-order valence-corrected chi connectivity index (χ0v) is 13.4. The summed E-state index contributed by atoms with van der Waals surface area (Å²) in [4.78, 5) is 11.7. The molecular weight excluding hydrogens is 349 g/mol. The number of carbonyl (C=O) groups excluding carboxylic acids is 1. The largest absolute Gasteiger partial charge is 0.348 e. The number of amides is 1. The number of halogens is 2. The van der Waals surface area contributed by atoms with Crippen molar-refractivity contribution in [3.8, 4) is 0 Å². The summed E-state index contributed by atoms with van der Waals surface area (Å²) in [7, 11) is -4.35. The maximum absolute atomic E-state index is 12.0. The molecule has 0 spiro atoms. The zero-order valence-electron chi connectivity index (χ0n) is 11.1. The van der Waals surface area contributed by atoms with Crippen LogP contribution in [0.15, 0.2) is 47.4 Å². The summed E-state index contributed by atoms with van der Waals surface area (Å²) in [6.07, 6.45) is 0. The molecule has 0 aliphatic rings. The highest BCUT2D eigenvalue weighted by molar-refractivity contribution is 7.85. The van der Waals surface area contributed by atoms with E-state index in [0.29, 0.717) is 10.0 Å². The van der Waals surface area contributed by atoms with Crippen LogP contribution in [0.5, 0.6) is 0 Å². The third kappa shape index (κ3) is 4.20. The fourth-order valence-corrected chi connectivity index (χ4v) is 2.58. The van der Waals surface area contributed by atoms with E-state index >= 15 is 0 Å². The van der Waals surface area contributed by atoms with Crippen LogP contribution in [0.2, 0.25) is 10.0 Å². The van der Waals surface area contributed by atoms with E-state index in [-0.39, 0.29) is 17.0 Å². The van der Waals surface area contributed by atoms with Gasteiger partial charge >= 0.3 is 0 Å². The monoisotopic (exact) mass is 359 g/mol. The highest BCUT2D eigenvalue weighted by atomic mass is 35.5. The van der Waals surface area contributed by atoms with E-state index in [2.05, 4.69) is 5.32 Å². The van der Waals surface area contributed by atoms with Crippen LogP contribution in [0.1, 0.15) is 15.9 Å². The van der Waals surface area contributed by atoms with Gasteiger partial charge in [0.15, 0.2) is 0 Å². The molecule has 0 unspecified atom stereocenters. The molecule has 0 aliphatic heterocycles. The first-order valence-electron chi connectivity index (χ1n) is 6.07. The number of rotatable bonds is 4. The quantitative estimate of drug-likeness (QED) is 0.821. The van der Waals surface area contributed by atoms with E-state index in [9.17, 15) is 13.2 Å². The van der Waals surface area contributed by atoms with Crippen LogP contribution in [0.3, 0.4) is 0 Å². The standard InChI is InChI=1S/C14H11Cl2NO4S/c15-12-5-4-9(6-13(12)16)8-17-14(18)10-2-1-3-11(7-10)22(19,20)21/h1-7H,8H2,(H,17,18)(H,19,20,21). The first-order valence-corrected chi connectivity index (χ1v) is 8.26. The molecule has 0 radical (unpaired) electrons. The van der Waals surface area contributed by atoms with Crippen LogP contribution in [0.4, 0.5) is 0 Å². The van der Waals surface area contributed by atoms with Gasteiger partial charge in [-0.25, -0.2) is 0 Å². The molecule has 2 aromatic carbocycles. The molecular formula is C14H11Cl2NO4S. The Balaban J connectivity index is 2.11. The van der Waals surface area contributed by atoms with Crippen LogP contribution in [0, 0.1) is 0 Å². The maximum atomic E-state index is 12.0. The van der Waals surface area contributed by atoms with Crippen LogP contribution >= 0.6 is 23.2 Å². The number of benzene rings is 2. The van der Waals surface area contributed by atoms with E-state index in [1.807, 2.05) is 0 Å². The topological polar surface area (TPSA) is 83.5 Å². The van der Waals surface area contributed by atoms with E-state index < -0.39 is 16.0 Å². The lowest BCUT2D eigenvalue weighted by Gasteiger charge is -2.07. The Morgan fingerprint density at radius 1 is 1.09 bits per heavy atom. The Bertz CT molecular complexity index is 821. The smallest absolute Gasteiger partial charge is 0.294 e. The molecule has 5 nitrogen and oxygen atoms in total. The summed E-state index contributed by atoms with van der Waals surface area (Å²) in [6, 6.07) is 10.1. The van der Waals surface area contributed by atoms with Crippen molar-refractivity contribution >= 4 is 39.2 Å². The average Bonchev–Trinajstić information content (AvgIpc) is 2.47. The van der Waals surface area contributed by atoms with Crippen molar-refractivity contribution in [2.75, 3.05) is 0 Å². The molecule has 116 valence electrons. The second kappa shape index (κ2) is 6.66. The first kappa shape index (κ1) is 16.8. The van der Waals surface area contributed by atoms with Crippen molar-refractivity contribution in [1.82, 2.24) is 5.32 Å². The molecule has 0 saturated carbocycles. The predicted octanol–water partition coefficient (Wildman–Crippen LogP) is 3.17. The Hall–Kier alpha value is -1.60. The summed E-state index contributed by atoms with van der Waals surface area (Å²) >= 11 is 11.7. The Labute approximate surface area is 137 Å². The predicted molar refractivity (Wildman–Crippen MR) is 83.9 cm³/mol.